The van der Waals surface area contributed by atoms with Gasteiger partial charge in [0.25, 0.3) is 0 Å². The van der Waals surface area contributed by atoms with Crippen LogP contribution in [0.1, 0.15) is 11.3 Å². The van der Waals surface area contributed by atoms with Gasteiger partial charge in [0.15, 0.2) is 0 Å². The van der Waals surface area contributed by atoms with E-state index in [4.69, 9.17) is 5.84 Å². The van der Waals surface area contributed by atoms with Crippen LogP contribution in [0.4, 0.5) is 5.69 Å². The molecule has 0 saturated carbocycles. The molecular formula is C11H12BrN3. The molecule has 2 aromatic rings. The van der Waals surface area contributed by atoms with E-state index < -0.39 is 0 Å². The van der Waals surface area contributed by atoms with Crippen molar-refractivity contribution in [1.82, 2.24) is 4.98 Å². The van der Waals surface area contributed by atoms with Gasteiger partial charge in [-0.3, -0.25) is 10.8 Å². The zero-order valence-electron chi connectivity index (χ0n) is 8.63. The first-order valence-electron chi connectivity index (χ1n) is 4.66. The zero-order valence-corrected chi connectivity index (χ0v) is 10.2. The molecule has 1 aromatic carbocycles. The maximum Gasteiger partial charge on any atom is 0.0756 e. The van der Waals surface area contributed by atoms with Crippen molar-refractivity contribution >= 4 is 32.5 Å². The average molecular weight is 266 g/mol. The van der Waals surface area contributed by atoms with E-state index in [0.29, 0.717) is 0 Å². The van der Waals surface area contributed by atoms with Crippen molar-refractivity contribution in [2.24, 2.45) is 5.84 Å². The molecule has 0 atom stereocenters. The van der Waals surface area contributed by atoms with Crippen LogP contribution in [0.3, 0.4) is 0 Å². The highest BCUT2D eigenvalue weighted by Crippen LogP contribution is 2.28. The second-order valence-corrected chi connectivity index (χ2v) is 4.49. The number of nitrogens with two attached hydrogens (primary N) is 1. The molecule has 2 rings (SSSR count). The van der Waals surface area contributed by atoms with Crippen LogP contribution >= 0.6 is 15.9 Å². The zero-order chi connectivity index (χ0) is 11.0. The van der Waals surface area contributed by atoms with Crippen molar-refractivity contribution in [2.75, 3.05) is 5.43 Å². The van der Waals surface area contributed by atoms with E-state index in [1.165, 1.54) is 0 Å². The van der Waals surface area contributed by atoms with Gasteiger partial charge in [0, 0.05) is 15.6 Å². The van der Waals surface area contributed by atoms with Crippen LogP contribution in [0.25, 0.3) is 10.9 Å². The summed E-state index contributed by atoms with van der Waals surface area (Å²) in [6.45, 7) is 4.00. The molecule has 0 saturated heterocycles. The lowest BCUT2D eigenvalue weighted by molar-refractivity contribution is 1.22. The van der Waals surface area contributed by atoms with Gasteiger partial charge in [0.05, 0.1) is 11.2 Å². The molecule has 0 fully saturated rings. The Labute approximate surface area is 96.8 Å². The molecule has 3 N–H and O–H groups in total. The number of pyridine rings is 1. The van der Waals surface area contributed by atoms with E-state index in [-0.39, 0.29) is 0 Å². The molecule has 3 nitrogen and oxygen atoms in total. The summed E-state index contributed by atoms with van der Waals surface area (Å²) in [6, 6.07) is 6.01. The molecule has 4 heteroatoms. The molecule has 0 aliphatic carbocycles. The highest BCUT2D eigenvalue weighted by Gasteiger charge is 2.06. The molecule has 0 radical (unpaired) electrons. The summed E-state index contributed by atoms with van der Waals surface area (Å²) < 4.78 is 1.04. The van der Waals surface area contributed by atoms with Crippen LogP contribution in [0.2, 0.25) is 0 Å². The molecule has 1 heterocycles. The highest BCUT2D eigenvalue weighted by molar-refractivity contribution is 9.10. The second kappa shape index (κ2) is 3.79. The van der Waals surface area contributed by atoms with Crippen molar-refractivity contribution in [1.29, 1.82) is 0 Å². The molecular weight excluding hydrogens is 254 g/mol. The first-order valence-corrected chi connectivity index (χ1v) is 5.45. The highest BCUT2D eigenvalue weighted by atomic mass is 79.9. The quantitative estimate of drug-likeness (QED) is 0.616. The number of halogens is 1. The Hall–Kier alpha value is -1.13. The molecule has 0 bridgehead atoms. The summed E-state index contributed by atoms with van der Waals surface area (Å²) in [4.78, 5) is 4.51. The van der Waals surface area contributed by atoms with Crippen molar-refractivity contribution < 1.29 is 0 Å². The number of aryl methyl sites for hydroxylation is 2. The second-order valence-electron chi connectivity index (χ2n) is 3.57. The number of nitrogen functional groups attached to an aromatic ring is 1. The summed E-state index contributed by atoms with van der Waals surface area (Å²) in [6.07, 6.45) is 0. The number of hydrazine groups is 1. The van der Waals surface area contributed by atoms with E-state index in [0.717, 1.165) is 32.3 Å². The minimum Gasteiger partial charge on any atom is -0.323 e. The fourth-order valence-electron chi connectivity index (χ4n) is 1.70. The Morgan fingerprint density at radius 1 is 1.27 bits per heavy atom. The maximum atomic E-state index is 5.49. The van der Waals surface area contributed by atoms with Gasteiger partial charge in [-0.15, -0.1) is 0 Å². The number of nitrogens with zero attached hydrogens (tertiary/aromatic N) is 1. The van der Waals surface area contributed by atoms with Crippen LogP contribution in [0, 0.1) is 13.8 Å². The molecule has 15 heavy (non-hydrogen) atoms. The lowest BCUT2D eigenvalue weighted by atomic mass is 10.1. The standard InChI is InChI=1S/C11H12BrN3/c1-6-3-8(12)5-9-10(15-13)4-7(2)14-11(6)9/h3-5H,13H2,1-2H3,(H,14,15). The third-order valence-corrected chi connectivity index (χ3v) is 2.81. The lowest BCUT2D eigenvalue weighted by Gasteiger charge is -2.09. The third-order valence-electron chi connectivity index (χ3n) is 2.35. The average Bonchev–Trinajstić information content (AvgIpc) is 2.18. The maximum absolute atomic E-state index is 5.49. The summed E-state index contributed by atoms with van der Waals surface area (Å²) >= 11 is 3.47. The summed E-state index contributed by atoms with van der Waals surface area (Å²) in [7, 11) is 0. The number of benzene rings is 1. The van der Waals surface area contributed by atoms with Crippen molar-refractivity contribution in [2.45, 2.75) is 13.8 Å². The number of hydrogen-bond acceptors (Lipinski definition) is 3. The molecule has 1 aromatic heterocycles. The largest absolute Gasteiger partial charge is 0.323 e. The SMILES string of the molecule is Cc1cc(NN)c2cc(Br)cc(C)c2n1. The monoisotopic (exact) mass is 265 g/mol. The Morgan fingerprint density at radius 3 is 2.67 bits per heavy atom. The number of aromatic nitrogens is 1. The summed E-state index contributed by atoms with van der Waals surface area (Å²) in [5.41, 5.74) is 6.70. The molecule has 0 spiro atoms. The van der Waals surface area contributed by atoms with Crippen molar-refractivity contribution in [3.8, 4) is 0 Å². The normalized spacial score (nSPS) is 10.7. The molecule has 0 amide bonds. The van der Waals surface area contributed by atoms with E-state index in [1.807, 2.05) is 26.0 Å². The fourth-order valence-corrected chi connectivity index (χ4v) is 2.28. The smallest absolute Gasteiger partial charge is 0.0756 e. The number of hydrogen-bond donors (Lipinski definition) is 2. The predicted octanol–water partition coefficient (Wildman–Crippen LogP) is 2.90. The Morgan fingerprint density at radius 2 is 2.00 bits per heavy atom. The molecule has 0 unspecified atom stereocenters. The van der Waals surface area contributed by atoms with Crippen LogP contribution in [0.15, 0.2) is 22.7 Å². The topological polar surface area (TPSA) is 50.9 Å². The third kappa shape index (κ3) is 1.82. The first kappa shape index (κ1) is 10.4. The van der Waals surface area contributed by atoms with Gasteiger partial charge in [0.1, 0.15) is 0 Å². The van der Waals surface area contributed by atoms with Crippen LogP contribution < -0.4 is 11.3 Å². The first-order chi connectivity index (χ1) is 7.11. The van der Waals surface area contributed by atoms with E-state index in [1.54, 1.807) is 0 Å². The van der Waals surface area contributed by atoms with Crippen molar-refractivity contribution in [3.05, 3.63) is 33.9 Å². The number of rotatable bonds is 1. The fraction of sp³-hybridized carbons (Fsp3) is 0.182. The molecule has 0 aliphatic rings. The Balaban J connectivity index is 2.89. The lowest BCUT2D eigenvalue weighted by Crippen LogP contribution is -2.08. The number of nitrogens with one attached hydrogen (secondary N) is 1. The Bertz CT molecular complexity index is 523. The van der Waals surface area contributed by atoms with Gasteiger partial charge in [-0.05, 0) is 37.6 Å². The number of fused-ring (bicyclic) bond motifs is 1. The Kier molecular flexibility index (Phi) is 2.63. The van der Waals surface area contributed by atoms with Crippen LogP contribution in [-0.4, -0.2) is 4.98 Å². The van der Waals surface area contributed by atoms with Gasteiger partial charge in [-0.1, -0.05) is 15.9 Å². The van der Waals surface area contributed by atoms with Gasteiger partial charge in [0.2, 0.25) is 0 Å². The molecule has 0 aliphatic heterocycles. The van der Waals surface area contributed by atoms with Gasteiger partial charge in [-0.2, -0.15) is 0 Å². The van der Waals surface area contributed by atoms with Gasteiger partial charge in [-0.25, -0.2) is 0 Å². The van der Waals surface area contributed by atoms with Gasteiger partial charge >= 0.3 is 0 Å². The molecule has 78 valence electrons. The van der Waals surface area contributed by atoms with Crippen LogP contribution in [0.5, 0.6) is 0 Å². The summed E-state index contributed by atoms with van der Waals surface area (Å²) in [5.74, 6) is 5.49. The van der Waals surface area contributed by atoms with Gasteiger partial charge < -0.3 is 5.43 Å². The minimum atomic E-state index is 0.905. The minimum absolute atomic E-state index is 0.905. The summed E-state index contributed by atoms with van der Waals surface area (Å²) in [5, 5.41) is 1.04. The predicted molar refractivity (Wildman–Crippen MR) is 66.7 cm³/mol. The van der Waals surface area contributed by atoms with Crippen LogP contribution in [-0.2, 0) is 0 Å². The van der Waals surface area contributed by atoms with E-state index in [9.17, 15) is 0 Å². The van der Waals surface area contributed by atoms with Crippen molar-refractivity contribution in [3.63, 3.8) is 0 Å². The number of anilines is 1. The van der Waals surface area contributed by atoms with E-state index >= 15 is 0 Å². The van der Waals surface area contributed by atoms with E-state index in [2.05, 4.69) is 32.4 Å².